The molecule has 1 unspecified atom stereocenters. The molecule has 1 aliphatic heterocycles. The maximum absolute atomic E-state index is 12.6. The molecule has 2 rings (SSSR count). The van der Waals surface area contributed by atoms with Gasteiger partial charge in [0.05, 0.1) is 5.41 Å². The predicted molar refractivity (Wildman–Crippen MR) is 92.9 cm³/mol. The molecule has 1 aliphatic rings. The van der Waals surface area contributed by atoms with Crippen LogP contribution in [0.4, 0.5) is 0 Å². The lowest BCUT2D eigenvalue weighted by atomic mass is 9.76. The lowest BCUT2D eigenvalue weighted by molar-refractivity contribution is -0.150. The van der Waals surface area contributed by atoms with Crippen molar-refractivity contribution in [3.63, 3.8) is 0 Å². The van der Waals surface area contributed by atoms with E-state index in [0.29, 0.717) is 30.3 Å². The predicted octanol–water partition coefficient (Wildman–Crippen LogP) is 3.76. The van der Waals surface area contributed by atoms with Gasteiger partial charge < -0.3 is 10.0 Å². The summed E-state index contributed by atoms with van der Waals surface area (Å²) in [5.74, 6) is -0.871. The van der Waals surface area contributed by atoms with E-state index in [2.05, 4.69) is 13.8 Å². The Bertz CT molecular complexity index is 582. The quantitative estimate of drug-likeness (QED) is 0.832. The van der Waals surface area contributed by atoms with E-state index in [0.717, 1.165) is 4.90 Å². The summed E-state index contributed by atoms with van der Waals surface area (Å²) < 4.78 is 0. The molecule has 4 nitrogen and oxygen atoms in total. The molecule has 0 aliphatic carbocycles. The van der Waals surface area contributed by atoms with Crippen LogP contribution in [0.25, 0.3) is 0 Å². The highest BCUT2D eigenvalue weighted by Crippen LogP contribution is 2.38. The molecule has 0 aromatic heterocycles. The number of rotatable bonds is 5. The van der Waals surface area contributed by atoms with E-state index in [1.165, 1.54) is 0 Å². The van der Waals surface area contributed by atoms with Crippen molar-refractivity contribution < 1.29 is 14.7 Å². The van der Waals surface area contributed by atoms with Crippen LogP contribution >= 0.6 is 11.8 Å². The maximum atomic E-state index is 12.6. The second kappa shape index (κ2) is 6.95. The molecule has 0 spiro atoms. The Labute approximate surface area is 142 Å². The van der Waals surface area contributed by atoms with Crippen molar-refractivity contribution in [2.45, 2.75) is 44.3 Å². The summed E-state index contributed by atoms with van der Waals surface area (Å²) in [6.45, 7) is 8.89. The van der Waals surface area contributed by atoms with E-state index in [9.17, 15) is 14.7 Å². The van der Waals surface area contributed by atoms with Crippen LogP contribution < -0.4 is 0 Å². The van der Waals surface area contributed by atoms with E-state index in [1.807, 2.05) is 38.1 Å². The number of carbonyl (C=O) groups excluding carboxylic acids is 1. The molecular weight excluding hydrogens is 310 g/mol. The van der Waals surface area contributed by atoms with Crippen LogP contribution in [0.15, 0.2) is 29.2 Å². The highest BCUT2D eigenvalue weighted by atomic mass is 32.2. The van der Waals surface area contributed by atoms with Crippen molar-refractivity contribution >= 4 is 23.6 Å². The van der Waals surface area contributed by atoms with E-state index in [1.54, 1.807) is 16.7 Å². The Kier molecular flexibility index (Phi) is 5.40. The standard InChI is InChI=1S/C18H25NO3S/c1-12(2)18(17(21)22)9-10-19(11-18)16(20)14-5-7-15(8-6-14)23-13(3)4/h5-8,12-13H,9-11H2,1-4H3,(H,21,22). The molecule has 126 valence electrons. The average molecular weight is 335 g/mol. The zero-order valence-corrected chi connectivity index (χ0v) is 15.0. The minimum absolute atomic E-state index is 0.00242. The summed E-state index contributed by atoms with van der Waals surface area (Å²) in [5.41, 5.74) is -0.189. The van der Waals surface area contributed by atoms with Crippen molar-refractivity contribution in [2.24, 2.45) is 11.3 Å². The average Bonchev–Trinajstić information content (AvgIpc) is 2.93. The molecule has 0 saturated carbocycles. The van der Waals surface area contributed by atoms with Gasteiger partial charge in [0, 0.05) is 28.8 Å². The molecule has 1 saturated heterocycles. The first kappa shape index (κ1) is 17.9. The third-order valence-electron chi connectivity index (χ3n) is 4.59. The van der Waals surface area contributed by atoms with Crippen LogP contribution in [0.5, 0.6) is 0 Å². The van der Waals surface area contributed by atoms with E-state index >= 15 is 0 Å². The number of nitrogens with zero attached hydrogens (tertiary/aromatic N) is 1. The topological polar surface area (TPSA) is 57.6 Å². The third kappa shape index (κ3) is 3.71. The Balaban J connectivity index is 2.11. The number of aliphatic carboxylic acids is 1. The largest absolute Gasteiger partial charge is 0.481 e. The van der Waals surface area contributed by atoms with Gasteiger partial charge in [-0.3, -0.25) is 9.59 Å². The highest BCUT2D eigenvalue weighted by Gasteiger charge is 2.48. The van der Waals surface area contributed by atoms with Crippen molar-refractivity contribution in [1.29, 1.82) is 0 Å². The van der Waals surface area contributed by atoms with Crippen molar-refractivity contribution in [3.05, 3.63) is 29.8 Å². The number of benzene rings is 1. The van der Waals surface area contributed by atoms with Gasteiger partial charge in [-0.05, 0) is 36.6 Å². The smallest absolute Gasteiger partial charge is 0.311 e. The molecular formula is C18H25NO3S. The van der Waals surface area contributed by atoms with Gasteiger partial charge in [-0.2, -0.15) is 0 Å². The van der Waals surface area contributed by atoms with Gasteiger partial charge in [-0.25, -0.2) is 0 Å². The second-order valence-electron chi connectivity index (χ2n) is 6.78. The molecule has 0 bridgehead atoms. The van der Waals surface area contributed by atoms with E-state index in [-0.39, 0.29) is 11.8 Å². The van der Waals surface area contributed by atoms with Crippen LogP contribution in [-0.4, -0.2) is 40.2 Å². The van der Waals surface area contributed by atoms with Crippen molar-refractivity contribution in [3.8, 4) is 0 Å². The SMILES string of the molecule is CC(C)Sc1ccc(C(=O)N2CCC(C(=O)O)(C(C)C)C2)cc1. The van der Waals surface area contributed by atoms with Crippen LogP contribution in [-0.2, 0) is 4.79 Å². The zero-order chi connectivity index (χ0) is 17.2. The van der Waals surface area contributed by atoms with Gasteiger partial charge in [0.15, 0.2) is 0 Å². The molecule has 5 heteroatoms. The number of amides is 1. The van der Waals surface area contributed by atoms with Crippen molar-refractivity contribution in [1.82, 2.24) is 4.90 Å². The Morgan fingerprint density at radius 3 is 2.22 bits per heavy atom. The monoisotopic (exact) mass is 335 g/mol. The second-order valence-corrected chi connectivity index (χ2v) is 8.43. The van der Waals surface area contributed by atoms with Crippen LogP contribution in [0.1, 0.15) is 44.5 Å². The molecule has 1 amide bonds. The molecule has 0 radical (unpaired) electrons. The van der Waals surface area contributed by atoms with Crippen molar-refractivity contribution in [2.75, 3.05) is 13.1 Å². The molecule has 1 aromatic rings. The van der Waals surface area contributed by atoms with Crippen LogP contribution in [0.3, 0.4) is 0 Å². The number of hydrogen-bond donors (Lipinski definition) is 1. The Morgan fingerprint density at radius 2 is 1.78 bits per heavy atom. The third-order valence-corrected chi connectivity index (χ3v) is 5.61. The molecule has 1 atom stereocenters. The van der Waals surface area contributed by atoms with Gasteiger partial charge in [-0.1, -0.05) is 27.7 Å². The fourth-order valence-corrected chi connectivity index (χ4v) is 3.87. The number of thioether (sulfide) groups is 1. The Morgan fingerprint density at radius 1 is 1.17 bits per heavy atom. The summed E-state index contributed by atoms with van der Waals surface area (Å²) >= 11 is 1.76. The fraction of sp³-hybridized carbons (Fsp3) is 0.556. The van der Waals surface area contributed by atoms with E-state index < -0.39 is 11.4 Å². The van der Waals surface area contributed by atoms with Gasteiger partial charge in [-0.15, -0.1) is 11.8 Å². The first-order valence-corrected chi connectivity index (χ1v) is 8.93. The van der Waals surface area contributed by atoms with E-state index in [4.69, 9.17) is 0 Å². The lowest BCUT2D eigenvalue weighted by Crippen LogP contribution is -2.40. The Hall–Kier alpha value is -1.49. The first-order chi connectivity index (χ1) is 10.8. The number of carboxylic acid groups (broad SMARTS) is 1. The molecule has 1 fully saturated rings. The summed E-state index contributed by atoms with van der Waals surface area (Å²) in [7, 11) is 0. The normalized spacial score (nSPS) is 21.2. The highest BCUT2D eigenvalue weighted by molar-refractivity contribution is 7.99. The molecule has 1 aromatic carbocycles. The number of likely N-dealkylation sites (tertiary alicyclic amines) is 1. The van der Waals surface area contributed by atoms with Gasteiger partial charge in [0.2, 0.25) is 0 Å². The van der Waals surface area contributed by atoms with Crippen LogP contribution in [0, 0.1) is 11.3 Å². The first-order valence-electron chi connectivity index (χ1n) is 8.05. The number of carboxylic acids is 1. The summed E-state index contributed by atoms with van der Waals surface area (Å²) in [6, 6.07) is 7.59. The minimum Gasteiger partial charge on any atom is -0.481 e. The van der Waals surface area contributed by atoms with Gasteiger partial charge >= 0.3 is 5.97 Å². The van der Waals surface area contributed by atoms with Crippen LogP contribution in [0.2, 0.25) is 0 Å². The number of carbonyl (C=O) groups is 2. The molecule has 1 heterocycles. The summed E-state index contributed by atoms with van der Waals surface area (Å²) in [4.78, 5) is 27.1. The molecule has 1 N–H and O–H groups in total. The maximum Gasteiger partial charge on any atom is 0.311 e. The summed E-state index contributed by atoms with van der Waals surface area (Å²) in [6.07, 6.45) is 0.521. The fourth-order valence-electron chi connectivity index (χ4n) is 3.03. The summed E-state index contributed by atoms with van der Waals surface area (Å²) in [5, 5.41) is 10.1. The zero-order valence-electron chi connectivity index (χ0n) is 14.2. The molecule has 23 heavy (non-hydrogen) atoms. The van der Waals surface area contributed by atoms with Gasteiger partial charge in [0.25, 0.3) is 5.91 Å². The number of hydrogen-bond acceptors (Lipinski definition) is 3. The minimum atomic E-state index is -0.816. The van der Waals surface area contributed by atoms with Gasteiger partial charge in [0.1, 0.15) is 0 Å². The lowest BCUT2D eigenvalue weighted by Gasteiger charge is -2.28.